The van der Waals surface area contributed by atoms with Crippen LogP contribution in [-0.4, -0.2) is 30.1 Å². The molecule has 0 rings (SSSR count). The number of halogens is 2. The highest BCUT2D eigenvalue weighted by atomic mass is 35.5. The summed E-state index contributed by atoms with van der Waals surface area (Å²) in [6, 6.07) is 0. The third-order valence-electron chi connectivity index (χ3n) is 0.862. The number of alkyl halides is 2. The molecule has 2 atom stereocenters. The van der Waals surface area contributed by atoms with Crippen molar-refractivity contribution in [2.45, 2.75) is 24.6 Å². The average molecular weight is 215 g/mol. The summed E-state index contributed by atoms with van der Waals surface area (Å²) in [5.41, 5.74) is 0. The van der Waals surface area contributed by atoms with Crippen LogP contribution < -0.4 is 0 Å². The van der Waals surface area contributed by atoms with Crippen molar-refractivity contribution in [3.63, 3.8) is 0 Å². The Morgan fingerprint density at radius 2 is 1.50 bits per heavy atom. The lowest BCUT2D eigenvalue weighted by Gasteiger charge is -2.07. The third kappa shape index (κ3) is 7.95. The molecule has 0 amide bonds. The lowest BCUT2D eigenvalue weighted by Crippen LogP contribution is -2.16. The molecule has 12 heavy (non-hydrogen) atoms. The summed E-state index contributed by atoms with van der Waals surface area (Å²) in [7, 11) is 0. The van der Waals surface area contributed by atoms with E-state index < -0.39 is 6.16 Å². The van der Waals surface area contributed by atoms with Crippen LogP contribution in [0.3, 0.4) is 0 Å². The van der Waals surface area contributed by atoms with Crippen molar-refractivity contribution in [3.8, 4) is 0 Å². The lowest BCUT2D eigenvalue weighted by molar-refractivity contribution is 0.0566. The minimum absolute atomic E-state index is 0.150. The molecule has 0 radical (unpaired) electrons. The molecule has 0 aromatic rings. The second-order valence-corrected chi connectivity index (χ2v) is 3.92. The highest BCUT2D eigenvalue weighted by Gasteiger charge is 2.07. The minimum Gasteiger partial charge on any atom is -0.433 e. The molecular weight excluding hydrogens is 203 g/mol. The van der Waals surface area contributed by atoms with Gasteiger partial charge in [-0.15, -0.1) is 23.2 Å². The van der Waals surface area contributed by atoms with E-state index in [4.69, 9.17) is 23.2 Å². The molecule has 0 spiro atoms. The van der Waals surface area contributed by atoms with Gasteiger partial charge in [-0.25, -0.2) is 4.79 Å². The first-order valence-electron chi connectivity index (χ1n) is 3.60. The molecule has 0 fully saturated rings. The zero-order chi connectivity index (χ0) is 9.56. The fourth-order valence-electron chi connectivity index (χ4n) is 0.407. The summed E-state index contributed by atoms with van der Waals surface area (Å²) >= 11 is 11.1. The topological polar surface area (TPSA) is 35.5 Å². The van der Waals surface area contributed by atoms with Gasteiger partial charge in [0.2, 0.25) is 0 Å². The minimum atomic E-state index is -0.727. The molecule has 0 aliphatic heterocycles. The first kappa shape index (κ1) is 11.8. The van der Waals surface area contributed by atoms with Crippen molar-refractivity contribution >= 4 is 29.4 Å². The summed E-state index contributed by atoms with van der Waals surface area (Å²) in [6.07, 6.45) is -0.727. The van der Waals surface area contributed by atoms with E-state index in [0.717, 1.165) is 0 Å². The second kappa shape index (κ2) is 6.38. The Morgan fingerprint density at radius 3 is 1.75 bits per heavy atom. The lowest BCUT2D eigenvalue weighted by atomic mass is 10.5. The maximum atomic E-state index is 10.7. The Morgan fingerprint density at radius 1 is 1.17 bits per heavy atom. The summed E-state index contributed by atoms with van der Waals surface area (Å²) in [5.74, 6) is 0. The molecule has 0 aliphatic rings. The van der Waals surface area contributed by atoms with Gasteiger partial charge in [0.1, 0.15) is 13.2 Å². The van der Waals surface area contributed by atoms with Crippen LogP contribution in [0.15, 0.2) is 0 Å². The summed E-state index contributed by atoms with van der Waals surface area (Å²) in [5, 5.41) is -0.406. The molecule has 72 valence electrons. The van der Waals surface area contributed by atoms with Crippen LogP contribution in [0, 0.1) is 0 Å². The standard InChI is InChI=1S/C7H12Cl2O3/c1-5(8)3-11-7(10)12-4-6(2)9/h5-6H,3-4H2,1-2H3. The van der Waals surface area contributed by atoms with Crippen LogP contribution in [0.5, 0.6) is 0 Å². The van der Waals surface area contributed by atoms with Gasteiger partial charge in [0.25, 0.3) is 0 Å². The van der Waals surface area contributed by atoms with Gasteiger partial charge in [-0.2, -0.15) is 0 Å². The number of carbonyl (C=O) groups is 1. The van der Waals surface area contributed by atoms with E-state index in [1.165, 1.54) is 0 Å². The average Bonchev–Trinajstić information content (AvgIpc) is 1.96. The Hall–Kier alpha value is -0.150. The van der Waals surface area contributed by atoms with Crippen molar-refractivity contribution in [1.29, 1.82) is 0 Å². The van der Waals surface area contributed by atoms with E-state index in [9.17, 15) is 4.79 Å². The molecule has 0 saturated carbocycles. The highest BCUT2D eigenvalue weighted by Crippen LogP contribution is 1.98. The second-order valence-electron chi connectivity index (χ2n) is 2.43. The molecule has 0 aromatic carbocycles. The Labute approximate surface area is 81.9 Å². The zero-order valence-electron chi connectivity index (χ0n) is 7.05. The molecule has 0 aromatic heterocycles. The van der Waals surface area contributed by atoms with E-state index in [1.54, 1.807) is 13.8 Å². The number of hydrogen-bond acceptors (Lipinski definition) is 3. The van der Waals surface area contributed by atoms with Crippen LogP contribution in [0.25, 0.3) is 0 Å². The van der Waals surface area contributed by atoms with Crippen molar-refractivity contribution in [2.75, 3.05) is 13.2 Å². The maximum Gasteiger partial charge on any atom is 0.508 e. The van der Waals surface area contributed by atoms with Crippen LogP contribution in [0.1, 0.15) is 13.8 Å². The van der Waals surface area contributed by atoms with E-state index in [2.05, 4.69) is 9.47 Å². The van der Waals surface area contributed by atoms with Gasteiger partial charge >= 0.3 is 6.16 Å². The van der Waals surface area contributed by atoms with Crippen LogP contribution in [0.2, 0.25) is 0 Å². The van der Waals surface area contributed by atoms with E-state index in [0.29, 0.717) is 0 Å². The van der Waals surface area contributed by atoms with Crippen LogP contribution in [0.4, 0.5) is 4.79 Å². The van der Waals surface area contributed by atoms with Gasteiger partial charge in [0, 0.05) is 0 Å². The molecule has 2 unspecified atom stereocenters. The summed E-state index contributed by atoms with van der Waals surface area (Å²) in [6.45, 7) is 3.74. The summed E-state index contributed by atoms with van der Waals surface area (Å²) < 4.78 is 9.20. The van der Waals surface area contributed by atoms with Gasteiger partial charge in [-0.3, -0.25) is 0 Å². The third-order valence-corrected chi connectivity index (χ3v) is 1.11. The Balaban J connectivity index is 3.34. The molecular formula is C7H12Cl2O3. The predicted molar refractivity (Wildman–Crippen MR) is 47.9 cm³/mol. The Kier molecular flexibility index (Phi) is 6.30. The van der Waals surface area contributed by atoms with Crippen molar-refractivity contribution in [2.24, 2.45) is 0 Å². The SMILES string of the molecule is CC(Cl)COC(=O)OCC(C)Cl. The Bertz CT molecular complexity index is 123. The monoisotopic (exact) mass is 214 g/mol. The quantitative estimate of drug-likeness (QED) is 0.533. The molecule has 0 heterocycles. The molecule has 0 saturated heterocycles. The van der Waals surface area contributed by atoms with Gasteiger partial charge in [-0.1, -0.05) is 0 Å². The summed E-state index contributed by atoms with van der Waals surface area (Å²) in [4.78, 5) is 10.7. The van der Waals surface area contributed by atoms with Crippen molar-refractivity contribution in [3.05, 3.63) is 0 Å². The van der Waals surface area contributed by atoms with Gasteiger partial charge < -0.3 is 9.47 Å². The van der Waals surface area contributed by atoms with Gasteiger partial charge in [0.05, 0.1) is 10.8 Å². The molecule has 5 heteroatoms. The first-order chi connectivity index (χ1) is 5.52. The van der Waals surface area contributed by atoms with E-state index in [1.807, 2.05) is 0 Å². The van der Waals surface area contributed by atoms with Crippen LogP contribution in [-0.2, 0) is 9.47 Å². The van der Waals surface area contributed by atoms with E-state index in [-0.39, 0.29) is 24.0 Å². The maximum absolute atomic E-state index is 10.7. The fraction of sp³-hybridized carbons (Fsp3) is 0.857. The van der Waals surface area contributed by atoms with Crippen molar-refractivity contribution < 1.29 is 14.3 Å². The predicted octanol–water partition coefficient (Wildman–Crippen LogP) is 2.39. The van der Waals surface area contributed by atoms with Gasteiger partial charge in [-0.05, 0) is 13.8 Å². The molecule has 0 aliphatic carbocycles. The number of rotatable bonds is 4. The zero-order valence-corrected chi connectivity index (χ0v) is 8.56. The van der Waals surface area contributed by atoms with Gasteiger partial charge in [0.15, 0.2) is 0 Å². The molecule has 3 nitrogen and oxygen atoms in total. The number of ether oxygens (including phenoxy) is 2. The molecule has 0 bridgehead atoms. The largest absolute Gasteiger partial charge is 0.508 e. The number of carbonyl (C=O) groups excluding carboxylic acids is 1. The smallest absolute Gasteiger partial charge is 0.433 e. The molecule has 0 N–H and O–H groups in total. The van der Waals surface area contributed by atoms with E-state index >= 15 is 0 Å². The number of hydrogen-bond donors (Lipinski definition) is 0. The normalized spacial score (nSPS) is 15.0. The first-order valence-corrected chi connectivity index (χ1v) is 4.47. The highest BCUT2D eigenvalue weighted by molar-refractivity contribution is 6.20. The van der Waals surface area contributed by atoms with Crippen LogP contribution >= 0.6 is 23.2 Å². The van der Waals surface area contributed by atoms with Crippen molar-refractivity contribution in [1.82, 2.24) is 0 Å². The fourth-order valence-corrected chi connectivity index (χ4v) is 0.533.